The van der Waals surface area contributed by atoms with Crippen molar-refractivity contribution in [3.8, 4) is 0 Å². The minimum atomic E-state index is -1.22. The van der Waals surface area contributed by atoms with Crippen molar-refractivity contribution in [1.29, 1.82) is 0 Å². The zero-order chi connectivity index (χ0) is 9.14. The van der Waals surface area contributed by atoms with Crippen molar-refractivity contribution in [2.75, 3.05) is 0 Å². The van der Waals surface area contributed by atoms with E-state index >= 15 is 0 Å². The Morgan fingerprint density at radius 3 is 2.75 bits per heavy atom. The van der Waals surface area contributed by atoms with Gasteiger partial charge >= 0.3 is 0 Å². The fraction of sp³-hybridized carbons (Fsp3) is 0.125. The lowest BCUT2D eigenvalue weighted by molar-refractivity contribution is -0.126. The molecule has 0 spiro atoms. The Labute approximate surface area is 78.3 Å². The molecule has 1 rings (SSSR count). The number of hydrogen-bond acceptors (Lipinski definition) is 2. The number of halogens is 1. The molecule has 1 amide bonds. The molecule has 64 valence electrons. The van der Waals surface area contributed by atoms with Gasteiger partial charge in [0.2, 0.25) is 0 Å². The third-order valence-electron chi connectivity index (χ3n) is 1.43. The van der Waals surface area contributed by atoms with Crippen LogP contribution >= 0.6 is 15.9 Å². The zero-order valence-corrected chi connectivity index (χ0v) is 7.78. The molecule has 3 nitrogen and oxygen atoms in total. The number of carbonyl (C=O) groups is 1. The molecule has 1 aromatic carbocycles. The predicted octanol–water partition coefficient (Wildman–Crippen LogP) is 0.968. The van der Waals surface area contributed by atoms with Gasteiger partial charge in [0.05, 0.1) is 0 Å². The molecule has 1 aromatic rings. The van der Waals surface area contributed by atoms with Gasteiger partial charge in [0.1, 0.15) is 0 Å². The molecule has 0 radical (unpaired) electrons. The number of aliphatic hydroxyl groups is 1. The van der Waals surface area contributed by atoms with E-state index in [1.807, 2.05) is 0 Å². The summed E-state index contributed by atoms with van der Waals surface area (Å²) in [5.41, 5.74) is 5.41. The van der Waals surface area contributed by atoms with Gasteiger partial charge in [-0.05, 0) is 17.7 Å². The first-order chi connectivity index (χ1) is 5.61. The second-order valence-electron chi connectivity index (χ2n) is 2.36. The molecule has 0 saturated carbocycles. The number of aliphatic hydroxyl groups excluding tert-OH is 1. The highest BCUT2D eigenvalue weighted by Gasteiger charge is 2.12. The summed E-state index contributed by atoms with van der Waals surface area (Å²) in [6.45, 7) is 0. The maximum atomic E-state index is 10.6. The lowest BCUT2D eigenvalue weighted by Crippen LogP contribution is -2.20. The number of carbonyl (C=O) groups excluding carboxylic acids is 1. The number of primary amides is 1. The highest BCUT2D eigenvalue weighted by Crippen LogP contribution is 2.17. The van der Waals surface area contributed by atoms with Crippen LogP contribution in [-0.2, 0) is 4.79 Å². The van der Waals surface area contributed by atoms with Crippen molar-refractivity contribution in [3.63, 3.8) is 0 Å². The quantitative estimate of drug-likeness (QED) is 0.794. The average Bonchev–Trinajstić information content (AvgIpc) is 2.03. The van der Waals surface area contributed by atoms with E-state index in [1.54, 1.807) is 24.3 Å². The Bertz CT molecular complexity index is 301. The summed E-state index contributed by atoms with van der Waals surface area (Å²) in [5, 5.41) is 9.23. The summed E-state index contributed by atoms with van der Waals surface area (Å²) < 4.78 is 0.806. The van der Waals surface area contributed by atoms with Crippen LogP contribution in [0.4, 0.5) is 0 Å². The van der Waals surface area contributed by atoms with E-state index in [9.17, 15) is 9.90 Å². The van der Waals surface area contributed by atoms with Crippen molar-refractivity contribution < 1.29 is 9.90 Å². The van der Waals surface area contributed by atoms with Gasteiger partial charge < -0.3 is 10.8 Å². The number of rotatable bonds is 2. The van der Waals surface area contributed by atoms with E-state index in [1.165, 1.54) is 0 Å². The number of hydrogen-bond donors (Lipinski definition) is 2. The summed E-state index contributed by atoms with van der Waals surface area (Å²) in [7, 11) is 0. The van der Waals surface area contributed by atoms with E-state index in [0.717, 1.165) is 4.47 Å². The fourth-order valence-corrected chi connectivity index (χ4v) is 1.26. The second kappa shape index (κ2) is 3.69. The molecule has 4 heteroatoms. The summed E-state index contributed by atoms with van der Waals surface area (Å²) in [4.78, 5) is 10.6. The second-order valence-corrected chi connectivity index (χ2v) is 3.28. The Morgan fingerprint density at radius 1 is 1.58 bits per heavy atom. The van der Waals surface area contributed by atoms with Gasteiger partial charge in [-0.1, -0.05) is 28.1 Å². The predicted molar refractivity (Wildman–Crippen MR) is 48.3 cm³/mol. The van der Waals surface area contributed by atoms with Crippen LogP contribution in [0.2, 0.25) is 0 Å². The van der Waals surface area contributed by atoms with Crippen LogP contribution in [0.15, 0.2) is 28.7 Å². The average molecular weight is 230 g/mol. The first kappa shape index (κ1) is 9.22. The Morgan fingerprint density at radius 2 is 2.25 bits per heavy atom. The summed E-state index contributed by atoms with van der Waals surface area (Å²) in [6.07, 6.45) is -1.22. The molecule has 3 N–H and O–H groups in total. The highest BCUT2D eigenvalue weighted by atomic mass is 79.9. The van der Waals surface area contributed by atoms with Crippen LogP contribution < -0.4 is 5.73 Å². The molecule has 0 bridgehead atoms. The van der Waals surface area contributed by atoms with Gasteiger partial charge in [-0.2, -0.15) is 0 Å². The van der Waals surface area contributed by atoms with Gasteiger partial charge in [-0.3, -0.25) is 4.79 Å². The highest BCUT2D eigenvalue weighted by molar-refractivity contribution is 9.10. The molecule has 0 aromatic heterocycles. The maximum Gasteiger partial charge on any atom is 0.250 e. The van der Waals surface area contributed by atoms with E-state index < -0.39 is 12.0 Å². The minimum Gasteiger partial charge on any atom is -0.378 e. The Balaban J connectivity index is 2.95. The van der Waals surface area contributed by atoms with Crippen molar-refractivity contribution >= 4 is 21.8 Å². The maximum absolute atomic E-state index is 10.6. The van der Waals surface area contributed by atoms with E-state index in [-0.39, 0.29) is 0 Å². The van der Waals surface area contributed by atoms with Crippen LogP contribution in [0.5, 0.6) is 0 Å². The van der Waals surface area contributed by atoms with E-state index in [4.69, 9.17) is 5.73 Å². The summed E-state index contributed by atoms with van der Waals surface area (Å²) in [5.74, 6) is -0.742. The molecule has 12 heavy (non-hydrogen) atoms. The minimum absolute atomic E-state index is 0.497. The smallest absolute Gasteiger partial charge is 0.250 e. The lowest BCUT2D eigenvalue weighted by Gasteiger charge is -2.05. The Kier molecular flexibility index (Phi) is 2.83. The van der Waals surface area contributed by atoms with E-state index in [2.05, 4.69) is 15.9 Å². The molecule has 0 heterocycles. The van der Waals surface area contributed by atoms with Gasteiger partial charge in [0, 0.05) is 4.47 Å². The fourth-order valence-electron chi connectivity index (χ4n) is 0.841. The van der Waals surface area contributed by atoms with E-state index in [0.29, 0.717) is 5.56 Å². The van der Waals surface area contributed by atoms with Crippen molar-refractivity contribution in [3.05, 3.63) is 34.3 Å². The molecule has 1 unspecified atom stereocenters. The molecular weight excluding hydrogens is 222 g/mol. The van der Waals surface area contributed by atoms with Gasteiger partial charge in [0.15, 0.2) is 6.10 Å². The largest absolute Gasteiger partial charge is 0.378 e. The molecule has 0 aliphatic heterocycles. The summed E-state index contributed by atoms with van der Waals surface area (Å²) >= 11 is 3.22. The zero-order valence-electron chi connectivity index (χ0n) is 6.20. The van der Waals surface area contributed by atoms with Crippen LogP contribution in [0, 0.1) is 0 Å². The van der Waals surface area contributed by atoms with Gasteiger partial charge in [0.25, 0.3) is 5.91 Å². The normalized spacial score (nSPS) is 12.5. The topological polar surface area (TPSA) is 63.3 Å². The number of nitrogens with two attached hydrogens (primary N) is 1. The molecule has 0 fully saturated rings. The van der Waals surface area contributed by atoms with Gasteiger partial charge in [-0.25, -0.2) is 0 Å². The number of benzene rings is 1. The van der Waals surface area contributed by atoms with Crippen LogP contribution in [-0.4, -0.2) is 11.0 Å². The monoisotopic (exact) mass is 229 g/mol. The molecule has 0 aliphatic rings. The molecule has 1 atom stereocenters. The van der Waals surface area contributed by atoms with Crippen molar-refractivity contribution in [2.24, 2.45) is 5.73 Å². The molecular formula is C8H8BrNO2. The van der Waals surface area contributed by atoms with Crippen LogP contribution in [0.3, 0.4) is 0 Å². The first-order valence-corrected chi connectivity index (χ1v) is 4.13. The van der Waals surface area contributed by atoms with Crippen molar-refractivity contribution in [1.82, 2.24) is 0 Å². The third kappa shape index (κ3) is 2.06. The SMILES string of the molecule is NC(=O)C(O)c1cccc(Br)c1. The van der Waals surface area contributed by atoms with Crippen molar-refractivity contribution in [2.45, 2.75) is 6.10 Å². The molecule has 0 saturated heterocycles. The first-order valence-electron chi connectivity index (χ1n) is 3.34. The van der Waals surface area contributed by atoms with Gasteiger partial charge in [-0.15, -0.1) is 0 Å². The number of amides is 1. The lowest BCUT2D eigenvalue weighted by atomic mass is 10.1. The Hall–Kier alpha value is -0.870. The molecule has 0 aliphatic carbocycles. The summed E-state index contributed by atoms with van der Waals surface area (Å²) in [6, 6.07) is 6.82. The van der Waals surface area contributed by atoms with Crippen LogP contribution in [0.1, 0.15) is 11.7 Å². The standard InChI is InChI=1S/C8H8BrNO2/c9-6-3-1-2-5(4-6)7(11)8(10)12/h1-4,7,11H,(H2,10,12). The van der Waals surface area contributed by atoms with Crippen LogP contribution in [0.25, 0.3) is 0 Å². The third-order valence-corrected chi connectivity index (χ3v) is 1.93.